The van der Waals surface area contributed by atoms with E-state index in [1.54, 1.807) is 46.6 Å². The van der Waals surface area contributed by atoms with E-state index in [1.165, 1.54) is 7.11 Å². The highest BCUT2D eigenvalue weighted by Gasteiger charge is 2.15. The van der Waals surface area contributed by atoms with Gasteiger partial charge in [-0.1, -0.05) is 60.7 Å². The standard InChI is InChI=1S/C54H52O12/c1-56-44-16-6-37(7-17-44)31-63-50-24-14-41(26-52(50)65-33-39-10-20-46(58-3)21-11-39)35-61-48-28-43(54(55)60-5)29-49(30-48)62-36-42-15-25-51(64-32-38-8-18-45(57-2)19-9-38)53(27-42)66-34-40-12-22-47(59-4)23-13-40/h6-30H,31-36H2,1-5H3. The molecule has 0 radical (unpaired) electrons. The molecular formula is C54H52O12. The third kappa shape index (κ3) is 13.0. The number of carbonyl (C=O) groups excluding carboxylic acids is 1. The Hall–Kier alpha value is -7.99. The molecule has 12 heteroatoms. The molecular weight excluding hydrogens is 841 g/mol. The van der Waals surface area contributed by atoms with Gasteiger partial charge in [-0.2, -0.15) is 0 Å². The molecule has 0 heterocycles. The van der Waals surface area contributed by atoms with Crippen molar-refractivity contribution < 1.29 is 56.9 Å². The lowest BCUT2D eigenvalue weighted by molar-refractivity contribution is 0.0599. The molecule has 0 amide bonds. The summed E-state index contributed by atoms with van der Waals surface area (Å²) in [6.45, 7) is 1.53. The van der Waals surface area contributed by atoms with Gasteiger partial charge >= 0.3 is 5.97 Å². The number of benzene rings is 7. The SMILES string of the molecule is COC(=O)c1cc(OCc2ccc(OCc3ccc(OC)cc3)c(OCc3ccc(OC)cc3)c2)cc(OCc2ccc(OCc3ccc(OC)cc3)c(OCc3ccc(OC)cc3)c2)c1. The highest BCUT2D eigenvalue weighted by Crippen LogP contribution is 2.34. The topological polar surface area (TPSA) is 119 Å². The number of esters is 1. The molecule has 0 saturated heterocycles. The number of ether oxygens (including phenoxy) is 11. The fraction of sp³-hybridized carbons (Fsp3) is 0.204. The van der Waals surface area contributed by atoms with Crippen molar-refractivity contribution in [1.82, 2.24) is 0 Å². The normalized spacial score (nSPS) is 10.6. The van der Waals surface area contributed by atoms with Crippen molar-refractivity contribution in [3.8, 4) is 57.5 Å². The van der Waals surface area contributed by atoms with Crippen LogP contribution in [0.2, 0.25) is 0 Å². The Labute approximate surface area is 385 Å². The smallest absolute Gasteiger partial charge is 0.338 e. The van der Waals surface area contributed by atoms with Gasteiger partial charge in [-0.05, 0) is 118 Å². The van der Waals surface area contributed by atoms with Crippen LogP contribution in [-0.2, 0) is 44.4 Å². The van der Waals surface area contributed by atoms with E-state index in [4.69, 9.17) is 52.1 Å². The van der Waals surface area contributed by atoms with Crippen LogP contribution in [0.1, 0.15) is 43.7 Å². The zero-order chi connectivity index (χ0) is 46.1. The van der Waals surface area contributed by atoms with E-state index in [0.717, 1.165) is 56.4 Å². The summed E-state index contributed by atoms with van der Waals surface area (Å²) in [4.78, 5) is 12.9. The molecule has 66 heavy (non-hydrogen) atoms. The van der Waals surface area contributed by atoms with Crippen molar-refractivity contribution in [3.63, 3.8) is 0 Å². The molecule has 0 N–H and O–H groups in total. The fourth-order valence-corrected chi connectivity index (χ4v) is 6.59. The van der Waals surface area contributed by atoms with Crippen LogP contribution < -0.4 is 47.4 Å². The van der Waals surface area contributed by atoms with Crippen LogP contribution in [0.3, 0.4) is 0 Å². The molecule has 0 spiro atoms. The minimum absolute atomic E-state index is 0.147. The van der Waals surface area contributed by atoms with Crippen molar-refractivity contribution >= 4 is 5.97 Å². The number of rotatable bonds is 23. The molecule has 340 valence electrons. The van der Waals surface area contributed by atoms with Crippen LogP contribution in [0.5, 0.6) is 57.5 Å². The summed E-state index contributed by atoms with van der Waals surface area (Å²) in [6, 6.07) is 47.0. The lowest BCUT2D eigenvalue weighted by Crippen LogP contribution is -2.05. The van der Waals surface area contributed by atoms with E-state index in [2.05, 4.69) is 0 Å². The average molecular weight is 893 g/mol. The Morgan fingerprint density at radius 3 is 0.894 bits per heavy atom. The molecule has 0 aliphatic rings. The molecule has 0 aliphatic carbocycles. The maximum Gasteiger partial charge on any atom is 0.338 e. The largest absolute Gasteiger partial charge is 0.497 e. The summed E-state index contributed by atoms with van der Waals surface area (Å²) < 4.78 is 64.0. The van der Waals surface area contributed by atoms with Crippen LogP contribution >= 0.6 is 0 Å². The number of methoxy groups -OCH3 is 5. The minimum atomic E-state index is -0.537. The second-order valence-corrected chi connectivity index (χ2v) is 14.9. The summed E-state index contributed by atoms with van der Waals surface area (Å²) in [6.07, 6.45) is 0. The van der Waals surface area contributed by atoms with Crippen molar-refractivity contribution in [2.75, 3.05) is 35.5 Å². The summed E-state index contributed by atoms with van der Waals surface area (Å²) in [5, 5.41) is 0. The van der Waals surface area contributed by atoms with Crippen molar-refractivity contribution in [3.05, 3.63) is 191 Å². The van der Waals surface area contributed by atoms with Gasteiger partial charge in [0.05, 0.1) is 41.1 Å². The Morgan fingerprint density at radius 1 is 0.303 bits per heavy atom. The highest BCUT2D eigenvalue weighted by molar-refractivity contribution is 5.90. The molecule has 0 aliphatic heterocycles. The average Bonchev–Trinajstić information content (AvgIpc) is 3.37. The third-order valence-corrected chi connectivity index (χ3v) is 10.3. The van der Waals surface area contributed by atoms with Crippen LogP contribution in [0, 0.1) is 0 Å². The van der Waals surface area contributed by atoms with E-state index in [0.29, 0.717) is 60.9 Å². The van der Waals surface area contributed by atoms with E-state index < -0.39 is 5.97 Å². The number of carbonyl (C=O) groups is 1. The zero-order valence-corrected chi connectivity index (χ0v) is 37.6. The Morgan fingerprint density at radius 2 is 0.591 bits per heavy atom. The van der Waals surface area contributed by atoms with Gasteiger partial charge < -0.3 is 52.1 Å². The second-order valence-electron chi connectivity index (χ2n) is 14.9. The van der Waals surface area contributed by atoms with Gasteiger partial charge in [0.15, 0.2) is 23.0 Å². The van der Waals surface area contributed by atoms with Gasteiger partial charge in [-0.15, -0.1) is 0 Å². The predicted octanol–water partition coefficient (Wildman–Crippen LogP) is 11.0. The first-order chi connectivity index (χ1) is 32.3. The molecule has 12 nitrogen and oxygen atoms in total. The Bertz CT molecular complexity index is 2450. The molecule has 7 aromatic rings. The molecule has 0 bridgehead atoms. The van der Waals surface area contributed by atoms with Crippen molar-refractivity contribution in [2.45, 2.75) is 39.6 Å². The lowest BCUT2D eigenvalue weighted by atomic mass is 10.1. The van der Waals surface area contributed by atoms with Gasteiger partial charge in [0.25, 0.3) is 0 Å². The van der Waals surface area contributed by atoms with Crippen LogP contribution in [0.15, 0.2) is 152 Å². The monoisotopic (exact) mass is 892 g/mol. The Balaban J connectivity index is 1.06. The van der Waals surface area contributed by atoms with Crippen molar-refractivity contribution in [2.24, 2.45) is 0 Å². The fourth-order valence-electron chi connectivity index (χ4n) is 6.59. The van der Waals surface area contributed by atoms with E-state index >= 15 is 0 Å². The molecule has 7 rings (SSSR count). The predicted molar refractivity (Wildman–Crippen MR) is 249 cm³/mol. The highest BCUT2D eigenvalue weighted by atomic mass is 16.5. The van der Waals surface area contributed by atoms with Crippen LogP contribution in [0.4, 0.5) is 0 Å². The van der Waals surface area contributed by atoms with E-state index in [-0.39, 0.29) is 18.8 Å². The van der Waals surface area contributed by atoms with Gasteiger partial charge in [0.1, 0.15) is 74.1 Å². The molecule has 0 atom stereocenters. The summed E-state index contributed by atoms with van der Waals surface area (Å²) in [5.41, 5.74) is 5.73. The van der Waals surface area contributed by atoms with Crippen molar-refractivity contribution in [1.29, 1.82) is 0 Å². The minimum Gasteiger partial charge on any atom is -0.497 e. The molecule has 0 saturated carbocycles. The maximum absolute atomic E-state index is 12.9. The first-order valence-corrected chi connectivity index (χ1v) is 21.1. The second kappa shape index (κ2) is 23.1. The van der Waals surface area contributed by atoms with Gasteiger partial charge in [0, 0.05) is 6.07 Å². The first-order valence-electron chi connectivity index (χ1n) is 21.1. The quantitative estimate of drug-likeness (QED) is 0.0569. The summed E-state index contributed by atoms with van der Waals surface area (Å²) in [7, 11) is 7.85. The number of hydrogen-bond acceptors (Lipinski definition) is 12. The summed E-state index contributed by atoms with van der Waals surface area (Å²) in [5.74, 6) is 5.53. The van der Waals surface area contributed by atoms with Crippen LogP contribution in [-0.4, -0.2) is 41.5 Å². The van der Waals surface area contributed by atoms with E-state index in [1.807, 2.05) is 133 Å². The maximum atomic E-state index is 12.9. The summed E-state index contributed by atoms with van der Waals surface area (Å²) >= 11 is 0. The van der Waals surface area contributed by atoms with Gasteiger partial charge in [-0.25, -0.2) is 4.79 Å². The Kier molecular flexibility index (Phi) is 16.1. The van der Waals surface area contributed by atoms with Gasteiger partial charge in [-0.3, -0.25) is 0 Å². The van der Waals surface area contributed by atoms with E-state index in [9.17, 15) is 4.79 Å². The molecule has 0 fully saturated rings. The number of hydrogen-bond donors (Lipinski definition) is 0. The zero-order valence-electron chi connectivity index (χ0n) is 37.6. The molecule has 0 aromatic heterocycles. The van der Waals surface area contributed by atoms with Gasteiger partial charge in [0.2, 0.25) is 0 Å². The first kappa shape index (κ1) is 46.0. The molecule has 0 unspecified atom stereocenters. The van der Waals surface area contributed by atoms with Crippen LogP contribution in [0.25, 0.3) is 0 Å². The third-order valence-electron chi connectivity index (χ3n) is 10.3. The molecule has 7 aromatic carbocycles. The lowest BCUT2D eigenvalue weighted by Gasteiger charge is -2.16.